The van der Waals surface area contributed by atoms with E-state index >= 15 is 0 Å². The van der Waals surface area contributed by atoms with Crippen LogP contribution in [0, 0.1) is 5.92 Å². The Balaban J connectivity index is 1.78. The molecule has 118 valence electrons. The minimum atomic E-state index is -4.31. The quantitative estimate of drug-likeness (QED) is 0.755. The maximum absolute atomic E-state index is 13.0. The summed E-state index contributed by atoms with van der Waals surface area (Å²) in [4.78, 5) is 4.04. The molecule has 0 saturated carbocycles. The van der Waals surface area contributed by atoms with Gasteiger partial charge >= 0.3 is 6.18 Å². The number of fused-ring (bicyclic) bond motifs is 3. The Labute approximate surface area is 132 Å². The van der Waals surface area contributed by atoms with Crippen LogP contribution in [0.3, 0.4) is 0 Å². The number of anilines is 1. The highest BCUT2D eigenvalue weighted by molar-refractivity contribution is 5.61. The van der Waals surface area contributed by atoms with Crippen molar-refractivity contribution < 1.29 is 13.2 Å². The van der Waals surface area contributed by atoms with E-state index < -0.39 is 11.7 Å². The van der Waals surface area contributed by atoms with Crippen molar-refractivity contribution in [1.82, 2.24) is 4.98 Å². The minimum absolute atomic E-state index is 0.0201. The fourth-order valence-electron chi connectivity index (χ4n) is 3.67. The van der Waals surface area contributed by atoms with E-state index in [0.717, 1.165) is 29.3 Å². The lowest BCUT2D eigenvalue weighted by molar-refractivity contribution is -0.137. The Hall–Kier alpha value is -2.30. The number of halogens is 3. The average molecular weight is 316 g/mol. The summed E-state index contributed by atoms with van der Waals surface area (Å²) >= 11 is 0. The first-order valence-electron chi connectivity index (χ1n) is 7.58. The van der Waals surface area contributed by atoms with Crippen LogP contribution in [0.1, 0.15) is 35.1 Å². The molecule has 2 heterocycles. The van der Waals surface area contributed by atoms with Crippen molar-refractivity contribution in [3.63, 3.8) is 0 Å². The molecule has 1 N–H and O–H groups in total. The second kappa shape index (κ2) is 5.11. The Kier molecular flexibility index (Phi) is 3.18. The summed E-state index contributed by atoms with van der Waals surface area (Å²) in [5, 5.41) is 3.43. The third-order valence-corrected chi connectivity index (χ3v) is 4.76. The molecule has 1 aromatic heterocycles. The monoisotopic (exact) mass is 316 g/mol. The van der Waals surface area contributed by atoms with E-state index in [4.69, 9.17) is 0 Å². The molecule has 0 saturated heterocycles. The fraction of sp³-hybridized carbons (Fsp3) is 0.278. The Morgan fingerprint density at radius 2 is 1.87 bits per heavy atom. The van der Waals surface area contributed by atoms with E-state index in [2.05, 4.69) is 16.4 Å². The first kappa shape index (κ1) is 14.3. The molecule has 0 amide bonds. The molecule has 3 atom stereocenters. The Morgan fingerprint density at radius 3 is 2.61 bits per heavy atom. The standard InChI is InChI=1S/C18H15F3N2/c19-18(20,21)12-4-5-16-15(10-12)13-2-1-3-14(13)17(23-16)11-6-8-22-9-7-11/h1-2,4-10,13-14,17,23H,3H2/t13-,14+,17-/m0/s1. The number of hydrogen-bond donors (Lipinski definition) is 1. The number of pyridine rings is 1. The zero-order chi connectivity index (χ0) is 16.0. The highest BCUT2D eigenvalue weighted by Crippen LogP contribution is 2.50. The molecule has 1 aliphatic carbocycles. The van der Waals surface area contributed by atoms with Crippen LogP contribution in [0.4, 0.5) is 18.9 Å². The second-order valence-electron chi connectivity index (χ2n) is 6.06. The lowest BCUT2D eigenvalue weighted by Crippen LogP contribution is -2.29. The third-order valence-electron chi connectivity index (χ3n) is 4.76. The molecule has 1 aliphatic heterocycles. The van der Waals surface area contributed by atoms with E-state index in [-0.39, 0.29) is 17.9 Å². The largest absolute Gasteiger partial charge is 0.416 e. The number of allylic oxidation sites excluding steroid dienone is 2. The number of benzene rings is 1. The van der Waals surface area contributed by atoms with Crippen molar-refractivity contribution in [3.05, 3.63) is 71.6 Å². The lowest BCUT2D eigenvalue weighted by atomic mass is 9.77. The van der Waals surface area contributed by atoms with Gasteiger partial charge in [-0.2, -0.15) is 13.2 Å². The van der Waals surface area contributed by atoms with Gasteiger partial charge in [0.2, 0.25) is 0 Å². The van der Waals surface area contributed by atoms with Gasteiger partial charge in [-0.05, 0) is 53.8 Å². The van der Waals surface area contributed by atoms with Gasteiger partial charge < -0.3 is 5.32 Å². The molecule has 0 spiro atoms. The number of nitrogens with one attached hydrogen (secondary N) is 1. The summed E-state index contributed by atoms with van der Waals surface area (Å²) < 4.78 is 39.0. The van der Waals surface area contributed by atoms with Crippen molar-refractivity contribution in [3.8, 4) is 0 Å². The maximum atomic E-state index is 13.0. The van der Waals surface area contributed by atoms with Gasteiger partial charge in [-0.15, -0.1) is 0 Å². The molecule has 0 bridgehead atoms. The molecule has 0 fully saturated rings. The first-order valence-corrected chi connectivity index (χ1v) is 7.58. The van der Waals surface area contributed by atoms with E-state index in [9.17, 15) is 13.2 Å². The topological polar surface area (TPSA) is 24.9 Å². The van der Waals surface area contributed by atoms with Crippen molar-refractivity contribution in [2.45, 2.75) is 24.6 Å². The number of alkyl halides is 3. The van der Waals surface area contributed by atoms with Gasteiger partial charge in [-0.3, -0.25) is 4.98 Å². The van der Waals surface area contributed by atoms with Crippen LogP contribution in [0.2, 0.25) is 0 Å². The van der Waals surface area contributed by atoms with Crippen LogP contribution in [-0.2, 0) is 6.18 Å². The third kappa shape index (κ3) is 2.40. The van der Waals surface area contributed by atoms with Crippen LogP contribution in [0.25, 0.3) is 0 Å². The molecule has 1 aromatic carbocycles. The van der Waals surface area contributed by atoms with Gasteiger partial charge in [-0.1, -0.05) is 12.2 Å². The highest BCUT2D eigenvalue weighted by atomic mass is 19.4. The smallest absolute Gasteiger partial charge is 0.378 e. The van der Waals surface area contributed by atoms with Crippen LogP contribution in [-0.4, -0.2) is 4.98 Å². The van der Waals surface area contributed by atoms with Crippen molar-refractivity contribution >= 4 is 5.69 Å². The number of aromatic nitrogens is 1. The second-order valence-corrected chi connectivity index (χ2v) is 6.06. The van der Waals surface area contributed by atoms with Crippen LogP contribution >= 0.6 is 0 Å². The van der Waals surface area contributed by atoms with Crippen LogP contribution in [0.5, 0.6) is 0 Å². The lowest BCUT2D eigenvalue weighted by Gasteiger charge is -2.37. The predicted octanol–water partition coefficient (Wildman–Crippen LogP) is 4.93. The Bertz CT molecular complexity index is 753. The van der Waals surface area contributed by atoms with Gasteiger partial charge in [0.1, 0.15) is 0 Å². The average Bonchev–Trinajstić information content (AvgIpc) is 3.03. The zero-order valence-electron chi connectivity index (χ0n) is 12.2. The van der Waals surface area contributed by atoms with Gasteiger partial charge in [0.05, 0.1) is 11.6 Å². The van der Waals surface area contributed by atoms with E-state index in [0.29, 0.717) is 0 Å². The van der Waals surface area contributed by atoms with Crippen molar-refractivity contribution in [2.75, 3.05) is 5.32 Å². The summed E-state index contributed by atoms with van der Waals surface area (Å²) in [6, 6.07) is 7.99. The SMILES string of the molecule is FC(F)(F)c1ccc2c(c1)[C@H]1C=CC[C@H]1[C@H](c1ccncc1)N2. The maximum Gasteiger partial charge on any atom is 0.416 e. The summed E-state index contributed by atoms with van der Waals surface area (Å²) in [6.45, 7) is 0. The van der Waals surface area contributed by atoms with Gasteiger partial charge in [-0.25, -0.2) is 0 Å². The van der Waals surface area contributed by atoms with E-state index in [1.165, 1.54) is 6.07 Å². The Morgan fingerprint density at radius 1 is 1.09 bits per heavy atom. The first-order chi connectivity index (χ1) is 11.0. The molecule has 4 rings (SSSR count). The zero-order valence-corrected chi connectivity index (χ0v) is 12.2. The summed E-state index contributed by atoms with van der Waals surface area (Å²) in [7, 11) is 0. The number of rotatable bonds is 1. The summed E-state index contributed by atoms with van der Waals surface area (Å²) in [5.41, 5.74) is 2.06. The fourth-order valence-corrected chi connectivity index (χ4v) is 3.67. The van der Waals surface area contributed by atoms with E-state index in [1.807, 2.05) is 18.2 Å². The van der Waals surface area contributed by atoms with Gasteiger partial charge in [0.25, 0.3) is 0 Å². The summed E-state index contributed by atoms with van der Waals surface area (Å²) in [6.07, 6.45) is 4.15. The molecule has 0 radical (unpaired) electrons. The van der Waals surface area contributed by atoms with Gasteiger partial charge in [0.15, 0.2) is 0 Å². The molecule has 5 heteroatoms. The molecule has 0 unspecified atom stereocenters. The van der Waals surface area contributed by atoms with Gasteiger partial charge in [0, 0.05) is 24.0 Å². The van der Waals surface area contributed by atoms with Crippen LogP contribution < -0.4 is 5.32 Å². The normalized spacial score (nSPS) is 25.6. The number of hydrogen-bond acceptors (Lipinski definition) is 2. The molecule has 2 aromatic rings. The number of nitrogens with zero attached hydrogens (tertiary/aromatic N) is 1. The molecular formula is C18H15F3N2. The van der Waals surface area contributed by atoms with E-state index in [1.54, 1.807) is 18.5 Å². The highest BCUT2D eigenvalue weighted by Gasteiger charge is 2.39. The minimum Gasteiger partial charge on any atom is -0.378 e. The predicted molar refractivity (Wildman–Crippen MR) is 82.0 cm³/mol. The summed E-state index contributed by atoms with van der Waals surface area (Å²) in [5.74, 6) is 0.250. The molecule has 2 aliphatic rings. The molecule has 2 nitrogen and oxygen atoms in total. The van der Waals surface area contributed by atoms with Crippen LogP contribution in [0.15, 0.2) is 54.9 Å². The van der Waals surface area contributed by atoms with Crippen molar-refractivity contribution in [2.24, 2.45) is 5.92 Å². The molecule has 23 heavy (non-hydrogen) atoms. The van der Waals surface area contributed by atoms with Crippen molar-refractivity contribution in [1.29, 1.82) is 0 Å². The molecular weight excluding hydrogens is 301 g/mol.